The molecule has 116 valence electrons. The Labute approximate surface area is 135 Å². The third-order valence-corrected chi connectivity index (χ3v) is 6.20. The zero-order chi connectivity index (χ0) is 15.4. The van der Waals surface area contributed by atoms with E-state index in [2.05, 4.69) is 21.2 Å². The SMILES string of the molecule is CCS(=O)C1CCCC(Nc2ccc([N+](=O)[O-])cc2Br)C1. The standard InChI is InChI=1S/C14H19BrN2O3S/c1-2-21(20)12-5-3-4-10(8-12)16-14-7-6-11(17(18)19)9-13(14)15/h6-7,9-10,12,16H,2-5,8H2,1H3. The van der Waals surface area contributed by atoms with Gasteiger partial charge in [-0.05, 0) is 41.3 Å². The molecular weight excluding hydrogens is 356 g/mol. The van der Waals surface area contributed by atoms with Gasteiger partial charge < -0.3 is 5.32 Å². The van der Waals surface area contributed by atoms with Crippen LogP contribution in [0.15, 0.2) is 22.7 Å². The van der Waals surface area contributed by atoms with Crippen LogP contribution in [0, 0.1) is 10.1 Å². The van der Waals surface area contributed by atoms with Crippen LogP contribution >= 0.6 is 15.9 Å². The molecule has 0 heterocycles. The quantitative estimate of drug-likeness (QED) is 0.627. The predicted octanol–water partition coefficient (Wildman–Crippen LogP) is 3.85. The van der Waals surface area contributed by atoms with Gasteiger partial charge in [0, 0.05) is 50.1 Å². The number of nitrogens with zero attached hydrogens (tertiary/aromatic N) is 1. The van der Waals surface area contributed by atoms with Gasteiger partial charge in [-0.2, -0.15) is 0 Å². The van der Waals surface area contributed by atoms with Gasteiger partial charge in [-0.3, -0.25) is 14.3 Å². The Hall–Kier alpha value is -0.950. The predicted molar refractivity (Wildman–Crippen MR) is 89.1 cm³/mol. The summed E-state index contributed by atoms with van der Waals surface area (Å²) in [6, 6.07) is 5.00. The minimum Gasteiger partial charge on any atom is -0.381 e. The largest absolute Gasteiger partial charge is 0.381 e. The zero-order valence-electron chi connectivity index (χ0n) is 11.9. The molecule has 3 atom stereocenters. The summed E-state index contributed by atoms with van der Waals surface area (Å²) in [4.78, 5) is 10.3. The molecule has 1 N–H and O–H groups in total. The first-order valence-electron chi connectivity index (χ1n) is 7.09. The number of nitro groups is 1. The van der Waals surface area contributed by atoms with Crippen LogP contribution in [0.1, 0.15) is 32.6 Å². The van der Waals surface area contributed by atoms with Crippen LogP contribution in [0.2, 0.25) is 0 Å². The van der Waals surface area contributed by atoms with Gasteiger partial charge >= 0.3 is 0 Å². The van der Waals surface area contributed by atoms with Gasteiger partial charge in [0.25, 0.3) is 5.69 Å². The summed E-state index contributed by atoms with van der Waals surface area (Å²) in [5.41, 5.74) is 0.926. The highest BCUT2D eigenvalue weighted by Crippen LogP contribution is 2.31. The van der Waals surface area contributed by atoms with E-state index >= 15 is 0 Å². The first kappa shape index (κ1) is 16.4. The summed E-state index contributed by atoms with van der Waals surface area (Å²) < 4.78 is 12.6. The fourth-order valence-corrected chi connectivity index (χ4v) is 4.53. The summed E-state index contributed by atoms with van der Waals surface area (Å²) >= 11 is 3.37. The van der Waals surface area contributed by atoms with Gasteiger partial charge in [-0.1, -0.05) is 13.3 Å². The van der Waals surface area contributed by atoms with E-state index in [0.29, 0.717) is 10.2 Å². The molecule has 3 unspecified atom stereocenters. The number of nitrogens with one attached hydrogen (secondary N) is 1. The van der Waals surface area contributed by atoms with Crippen molar-refractivity contribution in [3.63, 3.8) is 0 Å². The van der Waals surface area contributed by atoms with Gasteiger partial charge in [-0.15, -0.1) is 0 Å². The molecule has 0 aliphatic heterocycles. The number of halogens is 1. The van der Waals surface area contributed by atoms with Crippen LogP contribution < -0.4 is 5.32 Å². The monoisotopic (exact) mass is 374 g/mol. The maximum atomic E-state index is 12.0. The highest BCUT2D eigenvalue weighted by molar-refractivity contribution is 9.10. The van der Waals surface area contributed by atoms with Crippen molar-refractivity contribution in [3.8, 4) is 0 Å². The molecular formula is C14H19BrN2O3S. The molecule has 0 radical (unpaired) electrons. The topological polar surface area (TPSA) is 72.2 Å². The van der Waals surface area contributed by atoms with Crippen molar-refractivity contribution in [2.24, 2.45) is 0 Å². The molecule has 1 aliphatic carbocycles. The maximum Gasteiger partial charge on any atom is 0.270 e. The molecule has 1 fully saturated rings. The lowest BCUT2D eigenvalue weighted by Crippen LogP contribution is -2.33. The van der Waals surface area contributed by atoms with Crippen LogP contribution in [0.5, 0.6) is 0 Å². The molecule has 0 spiro atoms. The van der Waals surface area contributed by atoms with E-state index in [4.69, 9.17) is 0 Å². The molecule has 1 saturated carbocycles. The molecule has 1 aliphatic rings. The van der Waals surface area contributed by atoms with Gasteiger partial charge in [0.2, 0.25) is 0 Å². The van der Waals surface area contributed by atoms with E-state index < -0.39 is 15.7 Å². The molecule has 7 heteroatoms. The third-order valence-electron chi connectivity index (χ3n) is 3.81. The fourth-order valence-electron chi connectivity index (χ4n) is 2.71. The van der Waals surface area contributed by atoms with E-state index in [9.17, 15) is 14.3 Å². The van der Waals surface area contributed by atoms with Crippen molar-refractivity contribution in [2.75, 3.05) is 11.1 Å². The van der Waals surface area contributed by atoms with Crippen LogP contribution in [0.25, 0.3) is 0 Å². The highest BCUT2D eigenvalue weighted by atomic mass is 79.9. The van der Waals surface area contributed by atoms with Crippen LogP contribution in [-0.2, 0) is 10.8 Å². The molecule has 0 bridgehead atoms. The van der Waals surface area contributed by atoms with Crippen molar-refractivity contribution in [3.05, 3.63) is 32.8 Å². The smallest absolute Gasteiger partial charge is 0.270 e. The van der Waals surface area contributed by atoms with Crippen molar-refractivity contribution >= 4 is 38.1 Å². The first-order valence-corrected chi connectivity index (χ1v) is 9.26. The number of rotatable bonds is 5. The second kappa shape index (κ2) is 7.35. The molecule has 21 heavy (non-hydrogen) atoms. The Morgan fingerprint density at radius 1 is 1.48 bits per heavy atom. The molecule has 1 aromatic carbocycles. The number of benzene rings is 1. The normalized spacial score (nSPS) is 23.5. The maximum absolute atomic E-state index is 12.0. The van der Waals surface area contributed by atoms with Crippen molar-refractivity contribution in [1.82, 2.24) is 0 Å². The Bertz CT molecular complexity index is 553. The molecule has 1 aromatic rings. The number of hydrogen-bond donors (Lipinski definition) is 1. The zero-order valence-corrected chi connectivity index (χ0v) is 14.3. The van der Waals surface area contributed by atoms with E-state index in [1.165, 1.54) is 12.1 Å². The molecule has 5 nitrogen and oxygen atoms in total. The number of non-ortho nitro benzene ring substituents is 1. The molecule has 2 rings (SSSR count). The Morgan fingerprint density at radius 3 is 2.86 bits per heavy atom. The van der Waals surface area contributed by atoms with E-state index in [-0.39, 0.29) is 17.0 Å². The van der Waals surface area contributed by atoms with Gasteiger partial charge in [0.1, 0.15) is 0 Å². The highest BCUT2D eigenvalue weighted by Gasteiger charge is 2.25. The minimum atomic E-state index is -0.748. The summed E-state index contributed by atoms with van der Waals surface area (Å²) in [6.45, 7) is 1.96. The van der Waals surface area contributed by atoms with Crippen molar-refractivity contribution in [2.45, 2.75) is 43.9 Å². The Kier molecular flexibility index (Phi) is 5.75. The molecule has 0 amide bonds. The van der Waals surface area contributed by atoms with Crippen molar-refractivity contribution < 1.29 is 9.13 Å². The van der Waals surface area contributed by atoms with Gasteiger partial charge in [0.05, 0.1) is 4.92 Å². The van der Waals surface area contributed by atoms with E-state index in [1.807, 2.05) is 6.92 Å². The van der Waals surface area contributed by atoms with E-state index in [0.717, 1.165) is 31.4 Å². The summed E-state index contributed by atoms with van der Waals surface area (Å²) in [7, 11) is -0.748. The summed E-state index contributed by atoms with van der Waals surface area (Å²) in [5.74, 6) is 0.707. The molecule has 0 saturated heterocycles. The molecule has 0 aromatic heterocycles. The summed E-state index contributed by atoms with van der Waals surface area (Å²) in [6.07, 6.45) is 4.03. The second-order valence-electron chi connectivity index (χ2n) is 5.22. The second-order valence-corrected chi connectivity index (χ2v) is 8.08. The fraction of sp³-hybridized carbons (Fsp3) is 0.571. The Balaban J connectivity index is 2.04. The van der Waals surface area contributed by atoms with E-state index in [1.54, 1.807) is 6.07 Å². The average molecular weight is 375 g/mol. The lowest BCUT2D eigenvalue weighted by Gasteiger charge is -2.30. The van der Waals surface area contributed by atoms with Crippen molar-refractivity contribution in [1.29, 1.82) is 0 Å². The lowest BCUT2D eigenvalue weighted by atomic mass is 9.95. The number of hydrogen-bond acceptors (Lipinski definition) is 4. The van der Waals surface area contributed by atoms with Gasteiger partial charge in [-0.25, -0.2) is 0 Å². The van der Waals surface area contributed by atoms with Gasteiger partial charge in [0.15, 0.2) is 0 Å². The lowest BCUT2D eigenvalue weighted by molar-refractivity contribution is -0.384. The first-order chi connectivity index (χ1) is 10.0. The Morgan fingerprint density at radius 2 is 2.24 bits per heavy atom. The number of nitro benzene ring substituents is 1. The van der Waals surface area contributed by atoms with Crippen LogP contribution in [0.3, 0.4) is 0 Å². The average Bonchev–Trinajstić information content (AvgIpc) is 2.48. The number of anilines is 1. The summed E-state index contributed by atoms with van der Waals surface area (Å²) in [5, 5.41) is 14.4. The minimum absolute atomic E-state index is 0.0704. The third kappa shape index (κ3) is 4.26. The van der Waals surface area contributed by atoms with Crippen LogP contribution in [0.4, 0.5) is 11.4 Å². The van der Waals surface area contributed by atoms with Crippen LogP contribution in [-0.4, -0.2) is 26.2 Å².